The van der Waals surface area contributed by atoms with Gasteiger partial charge in [-0.25, -0.2) is 0 Å². The van der Waals surface area contributed by atoms with Crippen molar-refractivity contribution in [1.29, 1.82) is 0 Å². The Hall–Kier alpha value is -4.16. The van der Waals surface area contributed by atoms with E-state index in [0.29, 0.717) is 22.8 Å². The average Bonchev–Trinajstić information content (AvgIpc) is 3.21. The number of amides is 2. The number of carbonyl (C=O) groups is 2. The lowest BCUT2D eigenvalue weighted by atomic mass is 10.2. The van der Waals surface area contributed by atoms with E-state index in [0.717, 1.165) is 16.7 Å². The predicted octanol–water partition coefficient (Wildman–Crippen LogP) is 4.60. The normalized spacial score (nSPS) is 14.4. The zero-order chi connectivity index (χ0) is 28.0. The van der Waals surface area contributed by atoms with Crippen molar-refractivity contribution in [1.82, 2.24) is 4.90 Å². The van der Waals surface area contributed by atoms with Gasteiger partial charge >= 0.3 is 10.1 Å². The van der Waals surface area contributed by atoms with Crippen molar-refractivity contribution in [2.75, 3.05) is 34.5 Å². The molecular weight excluding hydrogens is 546 g/mol. The van der Waals surface area contributed by atoms with Crippen LogP contribution >= 0.6 is 11.8 Å². The fourth-order valence-electron chi connectivity index (χ4n) is 3.58. The first-order chi connectivity index (χ1) is 18.7. The van der Waals surface area contributed by atoms with Crippen molar-refractivity contribution in [3.8, 4) is 28.7 Å². The van der Waals surface area contributed by atoms with Gasteiger partial charge in [0.2, 0.25) is 0 Å². The first-order valence-electron chi connectivity index (χ1n) is 11.5. The molecule has 0 aliphatic carbocycles. The lowest BCUT2D eigenvalue weighted by Gasteiger charge is -2.14. The molecular formula is C27H25NO9S2. The van der Waals surface area contributed by atoms with Gasteiger partial charge in [0.1, 0.15) is 17.3 Å². The lowest BCUT2D eigenvalue weighted by molar-refractivity contribution is -0.123. The van der Waals surface area contributed by atoms with E-state index in [-0.39, 0.29) is 34.5 Å². The zero-order valence-electron chi connectivity index (χ0n) is 21.3. The minimum atomic E-state index is -4.14. The van der Waals surface area contributed by atoms with E-state index in [4.69, 9.17) is 23.1 Å². The van der Waals surface area contributed by atoms with E-state index in [1.807, 2.05) is 0 Å². The number of thioether (sulfide) groups is 1. The number of benzene rings is 3. The topological polar surface area (TPSA) is 118 Å². The summed E-state index contributed by atoms with van der Waals surface area (Å²) in [6.45, 7) is 0.146. The summed E-state index contributed by atoms with van der Waals surface area (Å²) in [6, 6.07) is 17.3. The number of para-hydroxylation sites is 2. The molecule has 39 heavy (non-hydrogen) atoms. The third kappa shape index (κ3) is 6.47. The van der Waals surface area contributed by atoms with Crippen molar-refractivity contribution < 1.29 is 41.1 Å². The average molecular weight is 572 g/mol. The fraction of sp³-hybridized carbons (Fsp3) is 0.185. The molecule has 1 heterocycles. The van der Waals surface area contributed by atoms with Crippen molar-refractivity contribution in [2.45, 2.75) is 4.90 Å². The van der Waals surface area contributed by atoms with Crippen LogP contribution in [0.3, 0.4) is 0 Å². The lowest BCUT2D eigenvalue weighted by Crippen LogP contribution is -2.32. The molecule has 4 rings (SSSR count). The molecule has 1 aliphatic heterocycles. The second-order valence-electron chi connectivity index (χ2n) is 7.96. The molecule has 0 spiro atoms. The van der Waals surface area contributed by atoms with Gasteiger partial charge in [-0.05, 0) is 71.9 Å². The standard InChI is InChI=1S/C27H25NO9S2/c1-33-19-9-11-20(12-10-19)39(31,32)37-23-13-8-18(16-24(23)35-3)17-25-26(29)28(27(30)38-25)14-15-36-22-7-5-4-6-21(22)34-2/h4-13,16-17H,14-15H2,1-3H3/b25-17-. The molecule has 3 aromatic carbocycles. The van der Waals surface area contributed by atoms with Crippen LogP contribution < -0.4 is 23.1 Å². The van der Waals surface area contributed by atoms with E-state index in [9.17, 15) is 18.0 Å². The summed E-state index contributed by atoms with van der Waals surface area (Å²) in [5.74, 6) is 1.19. The molecule has 2 amide bonds. The Labute approximate surface area is 230 Å². The van der Waals surface area contributed by atoms with E-state index >= 15 is 0 Å². The van der Waals surface area contributed by atoms with E-state index < -0.39 is 21.3 Å². The molecule has 0 unspecified atom stereocenters. The van der Waals surface area contributed by atoms with Crippen molar-refractivity contribution in [2.24, 2.45) is 0 Å². The van der Waals surface area contributed by atoms with Crippen molar-refractivity contribution in [3.63, 3.8) is 0 Å². The Morgan fingerprint density at radius 1 is 0.821 bits per heavy atom. The number of hydrogen-bond donors (Lipinski definition) is 0. The molecule has 0 saturated carbocycles. The number of rotatable bonds is 11. The number of carbonyl (C=O) groups excluding carboxylic acids is 2. The van der Waals surface area contributed by atoms with Crippen LogP contribution in [0.2, 0.25) is 0 Å². The Morgan fingerprint density at radius 3 is 2.18 bits per heavy atom. The number of nitrogens with zero attached hydrogens (tertiary/aromatic N) is 1. The molecule has 204 valence electrons. The summed E-state index contributed by atoms with van der Waals surface area (Å²) < 4.78 is 52.0. The van der Waals surface area contributed by atoms with Gasteiger partial charge in [-0.1, -0.05) is 18.2 Å². The van der Waals surface area contributed by atoms with Crippen molar-refractivity contribution >= 4 is 39.1 Å². The summed E-state index contributed by atoms with van der Waals surface area (Å²) in [4.78, 5) is 26.6. The highest BCUT2D eigenvalue weighted by Gasteiger charge is 2.35. The Morgan fingerprint density at radius 2 is 1.51 bits per heavy atom. The quantitative estimate of drug-likeness (QED) is 0.239. The molecule has 0 radical (unpaired) electrons. The van der Waals surface area contributed by atoms with Gasteiger partial charge in [-0.15, -0.1) is 0 Å². The minimum Gasteiger partial charge on any atom is -0.497 e. The first-order valence-corrected chi connectivity index (χ1v) is 13.8. The van der Waals surface area contributed by atoms with E-state index in [1.54, 1.807) is 30.3 Å². The SMILES string of the molecule is COc1ccc(S(=O)(=O)Oc2ccc(/C=C3\SC(=O)N(CCOc4ccccc4OC)C3=O)cc2OC)cc1. The van der Waals surface area contributed by atoms with Crippen LogP contribution in [0.15, 0.2) is 76.5 Å². The minimum absolute atomic E-state index is 0.0351. The molecule has 3 aromatic rings. The van der Waals surface area contributed by atoms with Crippen molar-refractivity contribution in [3.05, 3.63) is 77.2 Å². The van der Waals surface area contributed by atoms with Gasteiger partial charge in [0.25, 0.3) is 11.1 Å². The highest BCUT2D eigenvalue weighted by molar-refractivity contribution is 8.18. The van der Waals surface area contributed by atoms with Crippen LogP contribution in [0, 0.1) is 0 Å². The van der Waals surface area contributed by atoms with Crippen LogP contribution in [0.4, 0.5) is 4.79 Å². The van der Waals surface area contributed by atoms with Crippen LogP contribution in [0.1, 0.15) is 5.56 Å². The maximum absolute atomic E-state index is 12.9. The van der Waals surface area contributed by atoms with Gasteiger partial charge in [0.05, 0.1) is 32.8 Å². The number of methoxy groups -OCH3 is 3. The molecule has 0 atom stereocenters. The van der Waals surface area contributed by atoms with Crippen LogP contribution in [-0.2, 0) is 14.9 Å². The number of imide groups is 1. The van der Waals surface area contributed by atoms with Gasteiger partial charge in [-0.2, -0.15) is 8.42 Å². The predicted molar refractivity (Wildman–Crippen MR) is 145 cm³/mol. The highest BCUT2D eigenvalue weighted by Crippen LogP contribution is 2.35. The summed E-state index contributed by atoms with van der Waals surface area (Å²) in [5.41, 5.74) is 0.511. The molecule has 1 saturated heterocycles. The summed E-state index contributed by atoms with van der Waals surface area (Å²) >= 11 is 0.799. The van der Waals surface area contributed by atoms with Gasteiger partial charge in [0.15, 0.2) is 23.0 Å². The second-order valence-corrected chi connectivity index (χ2v) is 10.5. The summed E-state index contributed by atoms with van der Waals surface area (Å²) in [6.07, 6.45) is 1.52. The Bertz CT molecular complexity index is 1500. The maximum Gasteiger partial charge on any atom is 0.339 e. The Balaban J connectivity index is 1.45. The van der Waals surface area contributed by atoms with Crippen LogP contribution in [0.5, 0.6) is 28.7 Å². The largest absolute Gasteiger partial charge is 0.497 e. The fourth-order valence-corrected chi connectivity index (χ4v) is 5.39. The monoisotopic (exact) mass is 571 g/mol. The first kappa shape index (κ1) is 27.9. The van der Waals surface area contributed by atoms with Crippen LogP contribution in [0.25, 0.3) is 6.08 Å². The molecule has 0 bridgehead atoms. The van der Waals surface area contributed by atoms with Gasteiger partial charge < -0.3 is 23.1 Å². The molecule has 12 heteroatoms. The van der Waals surface area contributed by atoms with Crippen LogP contribution in [-0.4, -0.2) is 58.9 Å². The van der Waals surface area contributed by atoms with Gasteiger partial charge in [0, 0.05) is 0 Å². The van der Waals surface area contributed by atoms with E-state index in [2.05, 4.69) is 0 Å². The highest BCUT2D eigenvalue weighted by atomic mass is 32.2. The number of ether oxygens (including phenoxy) is 4. The third-order valence-electron chi connectivity index (χ3n) is 5.55. The van der Waals surface area contributed by atoms with E-state index in [1.165, 1.54) is 63.8 Å². The molecule has 1 aliphatic rings. The van der Waals surface area contributed by atoms with Gasteiger partial charge in [-0.3, -0.25) is 14.5 Å². The Kier molecular flexibility index (Phi) is 8.67. The molecule has 10 nitrogen and oxygen atoms in total. The molecule has 0 N–H and O–H groups in total. The summed E-state index contributed by atoms with van der Waals surface area (Å²) in [5, 5.41) is -0.424. The zero-order valence-corrected chi connectivity index (χ0v) is 22.9. The molecule has 0 aromatic heterocycles. The third-order valence-corrected chi connectivity index (χ3v) is 7.70. The molecule has 1 fully saturated rings. The number of hydrogen-bond acceptors (Lipinski definition) is 10. The smallest absolute Gasteiger partial charge is 0.339 e. The maximum atomic E-state index is 12.9. The summed E-state index contributed by atoms with van der Waals surface area (Å²) in [7, 11) is 0.221. The second kappa shape index (κ2) is 12.1.